The number of hydrogen-bond acceptors (Lipinski definition) is 2. The van der Waals surface area contributed by atoms with Crippen molar-refractivity contribution in [2.24, 2.45) is 0 Å². The van der Waals surface area contributed by atoms with E-state index >= 15 is 0 Å². The number of likely N-dealkylation sites (N-methyl/N-ethyl adjacent to an activating group) is 1. The van der Waals surface area contributed by atoms with E-state index in [1.165, 1.54) is 0 Å². The second kappa shape index (κ2) is 3.92. The van der Waals surface area contributed by atoms with E-state index in [1.54, 1.807) is 0 Å². The van der Waals surface area contributed by atoms with Crippen molar-refractivity contribution < 1.29 is 0 Å². The Balaban J connectivity index is 2.73. The standard InChI is InChI=1S/C10H19N3/c1-5-13-7-6-12-9(13)8-10(2,3)11-4/h6-7,11H,5,8H2,1-4H3. The lowest BCUT2D eigenvalue weighted by atomic mass is 10.0. The molecule has 1 aromatic rings. The van der Waals surface area contributed by atoms with E-state index in [1.807, 2.05) is 19.4 Å². The number of hydrogen-bond donors (Lipinski definition) is 1. The van der Waals surface area contributed by atoms with Gasteiger partial charge in [0, 0.05) is 30.9 Å². The van der Waals surface area contributed by atoms with Gasteiger partial charge in [0.15, 0.2) is 0 Å². The first kappa shape index (κ1) is 10.3. The first-order chi connectivity index (χ1) is 6.09. The van der Waals surface area contributed by atoms with Gasteiger partial charge in [-0.3, -0.25) is 0 Å². The largest absolute Gasteiger partial charge is 0.335 e. The quantitative estimate of drug-likeness (QED) is 0.761. The fourth-order valence-corrected chi connectivity index (χ4v) is 1.28. The topological polar surface area (TPSA) is 29.9 Å². The van der Waals surface area contributed by atoms with Crippen LogP contribution in [0.15, 0.2) is 12.4 Å². The normalized spacial score (nSPS) is 12.0. The van der Waals surface area contributed by atoms with Crippen LogP contribution >= 0.6 is 0 Å². The predicted octanol–water partition coefficient (Wildman–Crippen LogP) is 1.44. The number of aryl methyl sites for hydroxylation is 1. The zero-order valence-corrected chi connectivity index (χ0v) is 8.96. The van der Waals surface area contributed by atoms with Gasteiger partial charge >= 0.3 is 0 Å². The molecular formula is C10H19N3. The van der Waals surface area contributed by atoms with Gasteiger partial charge in [-0.05, 0) is 27.8 Å². The molecule has 0 atom stereocenters. The average molecular weight is 181 g/mol. The molecule has 0 bridgehead atoms. The molecular weight excluding hydrogens is 162 g/mol. The number of aromatic nitrogens is 2. The maximum atomic E-state index is 4.34. The highest BCUT2D eigenvalue weighted by Gasteiger charge is 2.17. The zero-order valence-electron chi connectivity index (χ0n) is 8.96. The lowest BCUT2D eigenvalue weighted by molar-refractivity contribution is 0.406. The smallest absolute Gasteiger partial charge is 0.110 e. The van der Waals surface area contributed by atoms with Crippen LogP contribution in [0, 0.1) is 0 Å². The summed E-state index contributed by atoms with van der Waals surface area (Å²) in [6.07, 6.45) is 4.86. The minimum absolute atomic E-state index is 0.123. The first-order valence-electron chi connectivity index (χ1n) is 4.78. The third-order valence-electron chi connectivity index (χ3n) is 2.42. The number of imidazole rings is 1. The summed E-state index contributed by atoms with van der Waals surface area (Å²) in [7, 11) is 1.99. The van der Waals surface area contributed by atoms with E-state index in [9.17, 15) is 0 Å². The van der Waals surface area contributed by atoms with Gasteiger partial charge < -0.3 is 9.88 Å². The van der Waals surface area contributed by atoms with Gasteiger partial charge in [0.05, 0.1) is 0 Å². The first-order valence-corrected chi connectivity index (χ1v) is 4.78. The highest BCUT2D eigenvalue weighted by atomic mass is 15.1. The van der Waals surface area contributed by atoms with Crippen LogP contribution in [0.2, 0.25) is 0 Å². The molecule has 0 spiro atoms. The Morgan fingerprint density at radius 2 is 2.23 bits per heavy atom. The molecule has 0 amide bonds. The monoisotopic (exact) mass is 181 g/mol. The Morgan fingerprint density at radius 3 is 2.77 bits per heavy atom. The summed E-state index contributed by atoms with van der Waals surface area (Å²) in [4.78, 5) is 4.34. The van der Waals surface area contributed by atoms with Crippen LogP contribution in [0.25, 0.3) is 0 Å². The summed E-state index contributed by atoms with van der Waals surface area (Å²) in [5.41, 5.74) is 0.123. The van der Waals surface area contributed by atoms with Crippen LogP contribution in [-0.4, -0.2) is 22.1 Å². The summed E-state index contributed by atoms with van der Waals surface area (Å²) >= 11 is 0. The summed E-state index contributed by atoms with van der Waals surface area (Å²) < 4.78 is 2.18. The van der Waals surface area contributed by atoms with Crippen LogP contribution in [0.5, 0.6) is 0 Å². The van der Waals surface area contributed by atoms with Crippen LogP contribution < -0.4 is 5.32 Å². The maximum absolute atomic E-state index is 4.34. The van der Waals surface area contributed by atoms with Gasteiger partial charge in [-0.25, -0.2) is 4.98 Å². The summed E-state index contributed by atoms with van der Waals surface area (Å²) in [5.74, 6) is 1.15. The lowest BCUT2D eigenvalue weighted by Gasteiger charge is -2.23. The molecule has 0 aliphatic heterocycles. The van der Waals surface area contributed by atoms with Crippen molar-refractivity contribution >= 4 is 0 Å². The molecule has 0 saturated heterocycles. The summed E-state index contributed by atoms with van der Waals surface area (Å²) in [6.45, 7) is 7.50. The highest BCUT2D eigenvalue weighted by Crippen LogP contribution is 2.10. The molecule has 1 rings (SSSR count). The molecule has 0 aliphatic carbocycles. The van der Waals surface area contributed by atoms with Gasteiger partial charge in [-0.1, -0.05) is 0 Å². The maximum Gasteiger partial charge on any atom is 0.110 e. The molecule has 1 N–H and O–H groups in total. The van der Waals surface area contributed by atoms with Crippen LogP contribution in [0.3, 0.4) is 0 Å². The van der Waals surface area contributed by atoms with Gasteiger partial charge in [0.25, 0.3) is 0 Å². The second-order valence-corrected chi connectivity index (χ2v) is 3.94. The molecule has 0 saturated carbocycles. The van der Waals surface area contributed by atoms with Crippen molar-refractivity contribution in [1.82, 2.24) is 14.9 Å². The summed E-state index contributed by atoms with van der Waals surface area (Å²) in [6, 6.07) is 0. The fourth-order valence-electron chi connectivity index (χ4n) is 1.28. The Hall–Kier alpha value is -0.830. The average Bonchev–Trinajstić information content (AvgIpc) is 2.51. The van der Waals surface area contributed by atoms with Crippen molar-refractivity contribution in [2.75, 3.05) is 7.05 Å². The second-order valence-electron chi connectivity index (χ2n) is 3.94. The van der Waals surface area contributed by atoms with E-state index in [0.717, 1.165) is 18.8 Å². The Morgan fingerprint density at radius 1 is 1.54 bits per heavy atom. The predicted molar refractivity (Wildman–Crippen MR) is 54.7 cm³/mol. The van der Waals surface area contributed by atoms with Gasteiger partial charge in [0.1, 0.15) is 5.82 Å². The summed E-state index contributed by atoms with van der Waals surface area (Å²) in [5, 5.41) is 3.28. The van der Waals surface area contributed by atoms with Crippen LogP contribution in [0.1, 0.15) is 26.6 Å². The Bertz CT molecular complexity index is 263. The van der Waals surface area contributed by atoms with E-state index in [4.69, 9.17) is 0 Å². The van der Waals surface area contributed by atoms with Crippen LogP contribution in [-0.2, 0) is 13.0 Å². The Labute approximate surface area is 80.2 Å². The van der Waals surface area contributed by atoms with Crippen molar-refractivity contribution in [3.05, 3.63) is 18.2 Å². The highest BCUT2D eigenvalue weighted by molar-refractivity contribution is 4.98. The minimum atomic E-state index is 0.123. The number of rotatable bonds is 4. The number of nitrogens with zero attached hydrogens (tertiary/aromatic N) is 2. The molecule has 3 heteroatoms. The van der Waals surface area contributed by atoms with Gasteiger partial charge in [-0.15, -0.1) is 0 Å². The molecule has 74 valence electrons. The molecule has 13 heavy (non-hydrogen) atoms. The van der Waals surface area contributed by atoms with Gasteiger partial charge in [-0.2, -0.15) is 0 Å². The van der Waals surface area contributed by atoms with E-state index in [-0.39, 0.29) is 5.54 Å². The SMILES string of the molecule is CCn1ccnc1CC(C)(C)NC. The molecule has 1 heterocycles. The molecule has 3 nitrogen and oxygen atoms in total. The van der Waals surface area contributed by atoms with Crippen molar-refractivity contribution in [3.63, 3.8) is 0 Å². The zero-order chi connectivity index (χ0) is 9.90. The Kier molecular flexibility index (Phi) is 3.09. The lowest BCUT2D eigenvalue weighted by Crippen LogP contribution is -2.39. The fraction of sp³-hybridized carbons (Fsp3) is 0.700. The third-order valence-corrected chi connectivity index (χ3v) is 2.42. The van der Waals surface area contributed by atoms with E-state index in [0.29, 0.717) is 0 Å². The minimum Gasteiger partial charge on any atom is -0.335 e. The molecule has 0 fully saturated rings. The molecule has 0 radical (unpaired) electrons. The van der Waals surface area contributed by atoms with Gasteiger partial charge in [0.2, 0.25) is 0 Å². The van der Waals surface area contributed by atoms with Crippen LogP contribution in [0.4, 0.5) is 0 Å². The molecule has 1 aromatic heterocycles. The molecule has 0 aromatic carbocycles. The van der Waals surface area contributed by atoms with E-state index < -0.39 is 0 Å². The molecule has 0 unspecified atom stereocenters. The van der Waals surface area contributed by atoms with Crippen molar-refractivity contribution in [3.8, 4) is 0 Å². The van der Waals surface area contributed by atoms with E-state index in [2.05, 4.69) is 35.6 Å². The molecule has 0 aliphatic rings. The number of nitrogens with one attached hydrogen (secondary N) is 1. The van der Waals surface area contributed by atoms with Crippen molar-refractivity contribution in [1.29, 1.82) is 0 Å². The van der Waals surface area contributed by atoms with Crippen molar-refractivity contribution in [2.45, 2.75) is 39.3 Å². The third kappa shape index (κ3) is 2.56.